The van der Waals surface area contributed by atoms with Gasteiger partial charge in [-0.1, -0.05) is 29.3 Å². The summed E-state index contributed by atoms with van der Waals surface area (Å²) in [7, 11) is -3.82. The number of nitrogens with one attached hydrogen (secondary N) is 1. The van der Waals surface area contributed by atoms with Crippen molar-refractivity contribution in [3.05, 3.63) is 57.6 Å². The molecule has 0 atom stereocenters. The van der Waals surface area contributed by atoms with Gasteiger partial charge in [-0.25, -0.2) is 8.42 Å². The lowest BCUT2D eigenvalue weighted by Gasteiger charge is -2.09. The highest BCUT2D eigenvalue weighted by atomic mass is 35.5. The monoisotopic (exact) mass is 443 g/mol. The van der Waals surface area contributed by atoms with Crippen molar-refractivity contribution in [1.82, 2.24) is 0 Å². The number of amides is 1. The summed E-state index contributed by atoms with van der Waals surface area (Å²) in [6.45, 7) is 3.29. The van der Waals surface area contributed by atoms with Gasteiger partial charge in [0.05, 0.1) is 22.1 Å². The van der Waals surface area contributed by atoms with Gasteiger partial charge in [0.25, 0.3) is 5.91 Å². The standard InChI is InChI=1S/C19H19Cl2NO5S/c1-12-7-13(2)9-15(8-12)22-18(23)11-27-19(24)5-6-28(25,26)17-10-14(20)3-4-16(17)21/h3-4,7-10H,5-6,11H2,1-2H3,(H,22,23). The minimum atomic E-state index is -3.82. The summed E-state index contributed by atoms with van der Waals surface area (Å²) in [6.07, 6.45) is -0.415. The number of anilines is 1. The van der Waals surface area contributed by atoms with Gasteiger partial charge in [0.15, 0.2) is 16.4 Å². The molecule has 0 aromatic heterocycles. The number of esters is 1. The van der Waals surface area contributed by atoms with E-state index in [9.17, 15) is 18.0 Å². The van der Waals surface area contributed by atoms with Crippen LogP contribution in [0.3, 0.4) is 0 Å². The molecule has 6 nitrogen and oxygen atoms in total. The van der Waals surface area contributed by atoms with Crippen molar-refractivity contribution in [2.24, 2.45) is 0 Å². The third-order valence-electron chi connectivity index (χ3n) is 3.67. The summed E-state index contributed by atoms with van der Waals surface area (Å²) in [5.41, 5.74) is 2.56. The zero-order valence-corrected chi connectivity index (χ0v) is 17.6. The number of aryl methyl sites for hydroxylation is 2. The molecule has 0 aliphatic heterocycles. The second-order valence-corrected chi connectivity index (χ2v) is 9.15. The van der Waals surface area contributed by atoms with Crippen LogP contribution < -0.4 is 5.32 Å². The molecule has 9 heteroatoms. The van der Waals surface area contributed by atoms with Gasteiger partial charge in [-0.05, 0) is 55.3 Å². The summed E-state index contributed by atoms with van der Waals surface area (Å²) in [6, 6.07) is 9.59. The Bertz CT molecular complexity index is 985. The fourth-order valence-electron chi connectivity index (χ4n) is 2.51. The summed E-state index contributed by atoms with van der Waals surface area (Å²) in [5, 5.41) is 2.86. The number of halogens is 2. The van der Waals surface area contributed by atoms with Gasteiger partial charge in [-0.2, -0.15) is 0 Å². The molecule has 0 fully saturated rings. The van der Waals surface area contributed by atoms with Crippen LogP contribution >= 0.6 is 23.2 Å². The first kappa shape index (κ1) is 22.2. The van der Waals surface area contributed by atoms with Gasteiger partial charge in [0.2, 0.25) is 0 Å². The Morgan fingerprint density at radius 2 is 1.68 bits per heavy atom. The van der Waals surface area contributed by atoms with E-state index in [-0.39, 0.29) is 14.9 Å². The Kier molecular flexibility index (Phi) is 7.46. The minimum absolute atomic E-state index is 0.0191. The zero-order chi connectivity index (χ0) is 20.9. The molecule has 1 amide bonds. The van der Waals surface area contributed by atoms with E-state index >= 15 is 0 Å². The molecular weight excluding hydrogens is 425 g/mol. The van der Waals surface area contributed by atoms with Gasteiger partial charge in [0.1, 0.15) is 0 Å². The van der Waals surface area contributed by atoms with Gasteiger partial charge in [-0.15, -0.1) is 0 Å². The van der Waals surface area contributed by atoms with Crippen LogP contribution in [0.25, 0.3) is 0 Å². The molecule has 0 saturated heterocycles. The van der Waals surface area contributed by atoms with Crippen LogP contribution in [0.1, 0.15) is 17.5 Å². The fourth-order valence-corrected chi connectivity index (χ4v) is 4.54. The van der Waals surface area contributed by atoms with Crippen molar-refractivity contribution in [2.45, 2.75) is 25.2 Å². The van der Waals surface area contributed by atoms with Crippen molar-refractivity contribution in [3.63, 3.8) is 0 Å². The molecule has 2 aromatic carbocycles. The van der Waals surface area contributed by atoms with Crippen LogP contribution in [0.15, 0.2) is 41.3 Å². The van der Waals surface area contributed by atoms with Gasteiger partial charge >= 0.3 is 5.97 Å². The van der Waals surface area contributed by atoms with E-state index in [4.69, 9.17) is 27.9 Å². The Hall–Kier alpha value is -2.09. The Labute approximate surface area is 173 Å². The Balaban J connectivity index is 1.86. The maximum atomic E-state index is 12.3. The highest BCUT2D eigenvalue weighted by Gasteiger charge is 2.21. The maximum absolute atomic E-state index is 12.3. The SMILES string of the molecule is Cc1cc(C)cc(NC(=O)COC(=O)CCS(=O)(=O)c2cc(Cl)ccc2Cl)c1. The van der Waals surface area contributed by atoms with Crippen LogP contribution in [-0.4, -0.2) is 32.7 Å². The van der Waals surface area contributed by atoms with E-state index in [2.05, 4.69) is 5.32 Å². The van der Waals surface area contributed by atoms with Crippen molar-refractivity contribution >= 4 is 50.6 Å². The lowest BCUT2D eigenvalue weighted by Crippen LogP contribution is -2.22. The molecule has 0 spiro atoms. The highest BCUT2D eigenvalue weighted by Crippen LogP contribution is 2.26. The Morgan fingerprint density at radius 3 is 2.32 bits per heavy atom. The van der Waals surface area contributed by atoms with Gasteiger partial charge < -0.3 is 10.1 Å². The van der Waals surface area contributed by atoms with Crippen molar-refractivity contribution < 1.29 is 22.7 Å². The van der Waals surface area contributed by atoms with Crippen molar-refractivity contribution in [2.75, 3.05) is 17.7 Å². The fraction of sp³-hybridized carbons (Fsp3) is 0.263. The second kappa shape index (κ2) is 9.41. The van der Waals surface area contributed by atoms with Crippen LogP contribution in [0.4, 0.5) is 5.69 Å². The van der Waals surface area contributed by atoms with Gasteiger partial charge in [0, 0.05) is 10.7 Å². The molecule has 0 aliphatic rings. The quantitative estimate of drug-likeness (QED) is 0.654. The number of carbonyl (C=O) groups excluding carboxylic acids is 2. The molecule has 28 heavy (non-hydrogen) atoms. The first-order valence-electron chi connectivity index (χ1n) is 8.28. The Morgan fingerprint density at radius 1 is 1.04 bits per heavy atom. The van der Waals surface area contributed by atoms with E-state index in [1.165, 1.54) is 18.2 Å². The molecule has 2 rings (SSSR count). The average Bonchev–Trinajstić information content (AvgIpc) is 2.59. The molecule has 2 aromatic rings. The van der Waals surface area contributed by atoms with E-state index in [1.807, 2.05) is 19.9 Å². The summed E-state index contributed by atoms with van der Waals surface area (Å²) < 4.78 is 29.5. The third kappa shape index (κ3) is 6.51. The summed E-state index contributed by atoms with van der Waals surface area (Å²) in [5.74, 6) is -1.83. The van der Waals surface area contributed by atoms with E-state index in [1.54, 1.807) is 12.1 Å². The number of carbonyl (C=O) groups is 2. The highest BCUT2D eigenvalue weighted by molar-refractivity contribution is 7.91. The number of hydrogen-bond acceptors (Lipinski definition) is 5. The normalized spacial score (nSPS) is 11.1. The molecule has 0 bridgehead atoms. The summed E-state index contributed by atoms with van der Waals surface area (Å²) >= 11 is 11.7. The van der Waals surface area contributed by atoms with Crippen molar-refractivity contribution in [1.29, 1.82) is 0 Å². The van der Waals surface area contributed by atoms with Gasteiger partial charge in [-0.3, -0.25) is 9.59 Å². The van der Waals surface area contributed by atoms with Crippen LogP contribution in [0.5, 0.6) is 0 Å². The topological polar surface area (TPSA) is 89.5 Å². The molecule has 0 unspecified atom stereocenters. The molecule has 150 valence electrons. The van der Waals surface area contributed by atoms with E-state index in [0.717, 1.165) is 11.1 Å². The largest absolute Gasteiger partial charge is 0.456 e. The smallest absolute Gasteiger partial charge is 0.307 e. The lowest BCUT2D eigenvalue weighted by molar-refractivity contribution is -0.146. The number of hydrogen-bond donors (Lipinski definition) is 1. The molecular formula is C19H19Cl2NO5S. The molecule has 0 radical (unpaired) electrons. The van der Waals surface area contributed by atoms with Crippen LogP contribution in [-0.2, 0) is 24.2 Å². The zero-order valence-electron chi connectivity index (χ0n) is 15.3. The van der Waals surface area contributed by atoms with E-state index in [0.29, 0.717) is 5.69 Å². The lowest BCUT2D eigenvalue weighted by atomic mass is 10.1. The van der Waals surface area contributed by atoms with Crippen molar-refractivity contribution in [3.8, 4) is 0 Å². The van der Waals surface area contributed by atoms with E-state index < -0.39 is 40.5 Å². The number of rotatable bonds is 7. The first-order chi connectivity index (χ1) is 13.1. The van der Waals surface area contributed by atoms with Crippen LogP contribution in [0.2, 0.25) is 10.0 Å². The summed E-state index contributed by atoms with van der Waals surface area (Å²) in [4.78, 5) is 23.6. The molecule has 1 N–H and O–H groups in total. The third-order valence-corrected chi connectivity index (χ3v) is 6.10. The predicted octanol–water partition coefficient (Wildman–Crippen LogP) is 3.96. The maximum Gasteiger partial charge on any atom is 0.307 e. The average molecular weight is 444 g/mol. The minimum Gasteiger partial charge on any atom is -0.456 e. The molecule has 0 saturated carbocycles. The second-order valence-electron chi connectivity index (χ2n) is 6.23. The first-order valence-corrected chi connectivity index (χ1v) is 10.7. The molecule has 0 aliphatic carbocycles. The number of sulfone groups is 1. The molecule has 0 heterocycles. The van der Waals surface area contributed by atoms with Crippen LogP contribution in [0, 0.1) is 13.8 Å². The number of ether oxygens (including phenoxy) is 1. The number of benzene rings is 2. The predicted molar refractivity (Wildman–Crippen MR) is 109 cm³/mol.